The summed E-state index contributed by atoms with van der Waals surface area (Å²) in [6.45, 7) is 0.834. The van der Waals surface area contributed by atoms with E-state index in [0.29, 0.717) is 18.7 Å². The molecule has 0 saturated heterocycles. The van der Waals surface area contributed by atoms with E-state index in [1.54, 1.807) is 10.9 Å². The van der Waals surface area contributed by atoms with Gasteiger partial charge in [0.25, 0.3) is 0 Å². The molecule has 0 aliphatic rings. The summed E-state index contributed by atoms with van der Waals surface area (Å²) in [5, 5.41) is 19.2. The summed E-state index contributed by atoms with van der Waals surface area (Å²) in [5.74, 6) is -1.49. The Morgan fingerprint density at radius 1 is 1.35 bits per heavy atom. The van der Waals surface area contributed by atoms with Crippen molar-refractivity contribution < 1.29 is 13.9 Å². The quantitative estimate of drug-likeness (QED) is 0.859. The maximum atomic E-state index is 13.5. The molecule has 0 atom stereocenters. The number of benzene rings is 1. The van der Waals surface area contributed by atoms with Gasteiger partial charge in [-0.2, -0.15) is 0 Å². The van der Waals surface area contributed by atoms with E-state index < -0.39 is 11.6 Å². The summed E-state index contributed by atoms with van der Waals surface area (Å²) in [5.41, 5.74) is 0.612. The first-order valence-electron chi connectivity index (χ1n) is 5.98. The van der Waals surface area contributed by atoms with Gasteiger partial charge in [-0.3, -0.25) is 4.68 Å². The van der Waals surface area contributed by atoms with Gasteiger partial charge < -0.3 is 10.4 Å². The third-order valence-electron chi connectivity index (χ3n) is 2.58. The minimum atomic E-state index is -0.761. The molecule has 0 fully saturated rings. The minimum Gasteiger partial charge on any atom is -0.396 e. The maximum absolute atomic E-state index is 13.5. The van der Waals surface area contributed by atoms with Gasteiger partial charge in [0, 0.05) is 19.2 Å². The number of anilines is 1. The van der Waals surface area contributed by atoms with Crippen LogP contribution in [-0.2, 0) is 13.1 Å². The third kappa shape index (κ3) is 3.64. The first kappa shape index (κ1) is 14.7. The highest BCUT2D eigenvalue weighted by Crippen LogP contribution is 2.26. The lowest BCUT2D eigenvalue weighted by Crippen LogP contribution is -2.03. The highest BCUT2D eigenvalue weighted by Gasteiger charge is 2.10. The van der Waals surface area contributed by atoms with Crippen molar-refractivity contribution in [3.8, 4) is 0 Å². The molecule has 0 aliphatic heterocycles. The van der Waals surface area contributed by atoms with Gasteiger partial charge in [-0.05, 0) is 12.5 Å². The summed E-state index contributed by atoms with van der Waals surface area (Å²) in [6.07, 6.45) is 2.26. The Morgan fingerprint density at radius 2 is 2.15 bits per heavy atom. The second-order valence-electron chi connectivity index (χ2n) is 4.15. The summed E-state index contributed by atoms with van der Waals surface area (Å²) < 4.78 is 28.0. The molecule has 0 unspecified atom stereocenters. The number of rotatable bonds is 6. The van der Waals surface area contributed by atoms with Crippen LogP contribution in [0.15, 0.2) is 18.3 Å². The molecule has 0 amide bonds. The van der Waals surface area contributed by atoms with Crippen LogP contribution in [0, 0.1) is 11.6 Å². The van der Waals surface area contributed by atoms with Gasteiger partial charge >= 0.3 is 0 Å². The number of halogens is 3. The predicted molar refractivity (Wildman–Crippen MR) is 70.4 cm³/mol. The minimum absolute atomic E-state index is 0.0259. The normalized spacial score (nSPS) is 10.8. The fraction of sp³-hybridized carbons (Fsp3) is 0.333. The molecule has 2 aromatic rings. The number of nitrogens with one attached hydrogen (secondary N) is 1. The SMILES string of the molecule is OCCCn1cc(CNc2c(F)cc(F)cc2Cl)nn1. The summed E-state index contributed by atoms with van der Waals surface area (Å²) >= 11 is 5.76. The smallest absolute Gasteiger partial charge is 0.150 e. The number of aliphatic hydroxyl groups excluding tert-OH is 1. The molecule has 20 heavy (non-hydrogen) atoms. The standard InChI is InChI=1S/C12H13ClF2N4O/c13-10-4-8(14)5-11(15)12(10)16-6-9-7-19(18-17-9)2-1-3-20/h4-5,7,16,20H,1-3,6H2. The van der Waals surface area contributed by atoms with Gasteiger partial charge in [0.05, 0.1) is 23.5 Å². The molecule has 108 valence electrons. The number of aliphatic hydroxyl groups is 1. The van der Waals surface area contributed by atoms with E-state index in [1.807, 2.05) is 0 Å². The number of aryl methyl sites for hydroxylation is 1. The highest BCUT2D eigenvalue weighted by molar-refractivity contribution is 6.33. The fourth-order valence-electron chi connectivity index (χ4n) is 1.65. The van der Waals surface area contributed by atoms with Crippen molar-refractivity contribution in [1.82, 2.24) is 15.0 Å². The van der Waals surface area contributed by atoms with Crippen LogP contribution in [0.1, 0.15) is 12.1 Å². The van der Waals surface area contributed by atoms with Crippen LogP contribution in [0.2, 0.25) is 5.02 Å². The van der Waals surface area contributed by atoms with E-state index in [0.717, 1.165) is 12.1 Å². The molecular weight excluding hydrogens is 290 g/mol. The van der Waals surface area contributed by atoms with Gasteiger partial charge in [-0.15, -0.1) is 5.10 Å². The maximum Gasteiger partial charge on any atom is 0.150 e. The molecule has 1 aromatic carbocycles. The predicted octanol–water partition coefficient (Wildman–Crippen LogP) is 2.20. The van der Waals surface area contributed by atoms with Crippen molar-refractivity contribution in [2.24, 2.45) is 0 Å². The molecule has 0 saturated carbocycles. The fourth-order valence-corrected chi connectivity index (χ4v) is 1.91. The molecule has 2 N–H and O–H groups in total. The zero-order valence-corrected chi connectivity index (χ0v) is 11.2. The molecule has 0 spiro atoms. The number of hydrogen-bond acceptors (Lipinski definition) is 4. The van der Waals surface area contributed by atoms with Crippen molar-refractivity contribution in [2.45, 2.75) is 19.5 Å². The lowest BCUT2D eigenvalue weighted by Gasteiger charge is -2.07. The van der Waals surface area contributed by atoms with E-state index in [9.17, 15) is 8.78 Å². The van der Waals surface area contributed by atoms with Crippen LogP contribution >= 0.6 is 11.6 Å². The molecule has 0 radical (unpaired) electrons. The lowest BCUT2D eigenvalue weighted by atomic mass is 10.3. The zero-order valence-electron chi connectivity index (χ0n) is 10.5. The molecule has 0 aliphatic carbocycles. The molecule has 2 rings (SSSR count). The second kappa shape index (κ2) is 6.62. The van der Waals surface area contributed by atoms with Crippen molar-refractivity contribution in [2.75, 3.05) is 11.9 Å². The monoisotopic (exact) mass is 302 g/mol. The Labute approximate surface area is 119 Å². The Morgan fingerprint density at radius 3 is 2.85 bits per heavy atom. The van der Waals surface area contributed by atoms with E-state index in [4.69, 9.17) is 16.7 Å². The van der Waals surface area contributed by atoms with Gasteiger partial charge in [-0.1, -0.05) is 16.8 Å². The Kier molecular flexibility index (Phi) is 4.86. The number of hydrogen-bond donors (Lipinski definition) is 2. The van der Waals surface area contributed by atoms with E-state index >= 15 is 0 Å². The number of nitrogens with zero attached hydrogens (tertiary/aromatic N) is 3. The van der Waals surface area contributed by atoms with Crippen molar-refractivity contribution in [3.63, 3.8) is 0 Å². The van der Waals surface area contributed by atoms with E-state index in [1.165, 1.54) is 0 Å². The van der Waals surface area contributed by atoms with Gasteiger partial charge in [0.2, 0.25) is 0 Å². The van der Waals surface area contributed by atoms with Gasteiger partial charge in [0.15, 0.2) is 5.82 Å². The molecule has 5 nitrogen and oxygen atoms in total. The topological polar surface area (TPSA) is 63.0 Å². The third-order valence-corrected chi connectivity index (χ3v) is 2.88. The lowest BCUT2D eigenvalue weighted by molar-refractivity contribution is 0.276. The summed E-state index contributed by atoms with van der Waals surface area (Å²) in [7, 11) is 0. The van der Waals surface area contributed by atoms with Crippen molar-refractivity contribution in [3.05, 3.63) is 40.7 Å². The average Bonchev–Trinajstić information content (AvgIpc) is 2.83. The average molecular weight is 303 g/mol. The van der Waals surface area contributed by atoms with Gasteiger partial charge in [0.1, 0.15) is 11.5 Å². The highest BCUT2D eigenvalue weighted by atomic mass is 35.5. The Balaban J connectivity index is 2.00. The first-order valence-corrected chi connectivity index (χ1v) is 6.36. The number of aromatic nitrogens is 3. The van der Waals surface area contributed by atoms with Gasteiger partial charge in [-0.25, -0.2) is 8.78 Å². The van der Waals surface area contributed by atoms with Crippen LogP contribution < -0.4 is 5.32 Å². The van der Waals surface area contributed by atoms with Crippen LogP contribution in [0.4, 0.5) is 14.5 Å². The van der Waals surface area contributed by atoms with Crippen LogP contribution in [0.5, 0.6) is 0 Å². The zero-order chi connectivity index (χ0) is 14.5. The largest absolute Gasteiger partial charge is 0.396 e. The molecule has 1 heterocycles. The Bertz CT molecular complexity index is 568. The molecule has 1 aromatic heterocycles. The van der Waals surface area contributed by atoms with Crippen molar-refractivity contribution in [1.29, 1.82) is 0 Å². The summed E-state index contributed by atoms with van der Waals surface area (Å²) in [4.78, 5) is 0. The first-order chi connectivity index (χ1) is 9.60. The van der Waals surface area contributed by atoms with Crippen LogP contribution in [-0.4, -0.2) is 26.7 Å². The second-order valence-corrected chi connectivity index (χ2v) is 4.56. The molecular formula is C12H13ClF2N4O. The Hall–Kier alpha value is -1.73. The summed E-state index contributed by atoms with van der Waals surface area (Å²) in [6, 6.07) is 1.79. The van der Waals surface area contributed by atoms with Crippen LogP contribution in [0.3, 0.4) is 0 Å². The van der Waals surface area contributed by atoms with E-state index in [-0.39, 0.29) is 23.9 Å². The van der Waals surface area contributed by atoms with Crippen molar-refractivity contribution >= 4 is 17.3 Å². The molecule has 8 heteroatoms. The molecule has 0 bridgehead atoms. The van der Waals surface area contributed by atoms with E-state index in [2.05, 4.69) is 15.6 Å². The van der Waals surface area contributed by atoms with Crippen LogP contribution in [0.25, 0.3) is 0 Å².